The summed E-state index contributed by atoms with van der Waals surface area (Å²) in [7, 11) is -7.08. The van der Waals surface area contributed by atoms with E-state index in [0.29, 0.717) is 0 Å². The van der Waals surface area contributed by atoms with Gasteiger partial charge >= 0.3 is 0 Å². The largest absolute Gasteiger partial charge is 0.241 e. The highest BCUT2D eigenvalue weighted by Crippen LogP contribution is 2.19. The Labute approximate surface area is 143 Å². The highest BCUT2D eigenvalue weighted by Gasteiger charge is 2.19. The Morgan fingerprint density at radius 3 is 1.83 bits per heavy atom. The molecule has 5 nitrogen and oxygen atoms in total. The van der Waals surface area contributed by atoms with E-state index in [0.717, 1.165) is 18.2 Å². The standard InChI is InChI=1S/C17H21NO4S2/c1-4-14-5-7-15(8-6-14)13(2)18-24(21,22)17-11-9-16(10-12-17)23(3,19)20/h5-13,18H,4H2,1-3H3/t13-/m0/s1. The second-order valence-electron chi connectivity index (χ2n) is 5.68. The zero-order valence-corrected chi connectivity index (χ0v) is 15.5. The lowest BCUT2D eigenvalue weighted by atomic mass is 10.1. The van der Waals surface area contributed by atoms with Gasteiger partial charge in [0.25, 0.3) is 0 Å². The summed E-state index contributed by atoms with van der Waals surface area (Å²) in [5, 5.41) is 0. The molecule has 0 spiro atoms. The molecule has 7 heteroatoms. The van der Waals surface area contributed by atoms with Crippen LogP contribution in [0, 0.1) is 0 Å². The number of benzene rings is 2. The van der Waals surface area contributed by atoms with Gasteiger partial charge in [-0.15, -0.1) is 0 Å². The Morgan fingerprint density at radius 1 is 0.875 bits per heavy atom. The van der Waals surface area contributed by atoms with Crippen molar-refractivity contribution in [2.75, 3.05) is 6.26 Å². The fourth-order valence-corrected chi connectivity index (χ4v) is 4.14. The average Bonchev–Trinajstić information content (AvgIpc) is 2.54. The third-order valence-corrected chi connectivity index (χ3v) is 6.47. The van der Waals surface area contributed by atoms with Crippen molar-refractivity contribution in [3.05, 3.63) is 59.7 Å². The van der Waals surface area contributed by atoms with E-state index in [1.54, 1.807) is 6.92 Å². The van der Waals surface area contributed by atoms with Gasteiger partial charge in [0.05, 0.1) is 9.79 Å². The fraction of sp³-hybridized carbons (Fsp3) is 0.294. The van der Waals surface area contributed by atoms with Gasteiger partial charge < -0.3 is 0 Å². The first-order chi connectivity index (χ1) is 11.1. The summed E-state index contributed by atoms with van der Waals surface area (Å²) in [6.07, 6.45) is 2.00. The van der Waals surface area contributed by atoms with Crippen LogP contribution < -0.4 is 4.72 Å². The monoisotopic (exact) mass is 367 g/mol. The summed E-state index contributed by atoms with van der Waals surface area (Å²) in [6, 6.07) is 12.5. The molecule has 24 heavy (non-hydrogen) atoms. The van der Waals surface area contributed by atoms with Crippen LogP contribution in [-0.4, -0.2) is 23.1 Å². The van der Waals surface area contributed by atoms with E-state index in [-0.39, 0.29) is 9.79 Å². The predicted molar refractivity (Wildman–Crippen MR) is 94.1 cm³/mol. The van der Waals surface area contributed by atoms with Crippen LogP contribution in [-0.2, 0) is 26.3 Å². The number of sulfonamides is 1. The third-order valence-electron chi connectivity index (χ3n) is 3.78. The first-order valence-corrected chi connectivity index (χ1v) is 10.9. The van der Waals surface area contributed by atoms with Crippen LogP contribution in [0.15, 0.2) is 58.3 Å². The molecular formula is C17H21NO4S2. The van der Waals surface area contributed by atoms with Crippen LogP contribution >= 0.6 is 0 Å². The normalized spacial score (nSPS) is 13.6. The van der Waals surface area contributed by atoms with E-state index < -0.39 is 25.9 Å². The SMILES string of the molecule is CCc1ccc([C@H](C)NS(=O)(=O)c2ccc(S(C)(=O)=O)cc2)cc1. The molecule has 0 bridgehead atoms. The van der Waals surface area contributed by atoms with Gasteiger partial charge in [-0.25, -0.2) is 21.6 Å². The summed E-state index contributed by atoms with van der Waals surface area (Å²) < 4.78 is 50.4. The van der Waals surface area contributed by atoms with Crippen molar-refractivity contribution in [2.24, 2.45) is 0 Å². The lowest BCUT2D eigenvalue weighted by Gasteiger charge is -2.15. The van der Waals surface area contributed by atoms with Crippen molar-refractivity contribution in [1.29, 1.82) is 0 Å². The van der Waals surface area contributed by atoms with Gasteiger partial charge in [0.15, 0.2) is 9.84 Å². The second-order valence-corrected chi connectivity index (χ2v) is 9.41. The Balaban J connectivity index is 2.20. The van der Waals surface area contributed by atoms with Crippen LogP contribution in [0.4, 0.5) is 0 Å². The molecule has 0 amide bonds. The van der Waals surface area contributed by atoms with Crippen LogP contribution in [0.1, 0.15) is 31.0 Å². The predicted octanol–water partition coefficient (Wildman–Crippen LogP) is 2.69. The minimum Gasteiger partial charge on any atom is -0.224 e. The van der Waals surface area contributed by atoms with Gasteiger partial charge in [0, 0.05) is 12.3 Å². The molecule has 1 atom stereocenters. The average molecular weight is 367 g/mol. The number of hydrogen-bond acceptors (Lipinski definition) is 4. The van der Waals surface area contributed by atoms with Crippen molar-refractivity contribution in [1.82, 2.24) is 4.72 Å². The summed E-state index contributed by atoms with van der Waals surface area (Å²) in [5.74, 6) is 0. The van der Waals surface area contributed by atoms with Crippen molar-refractivity contribution in [3.8, 4) is 0 Å². The minimum absolute atomic E-state index is 0.0342. The molecule has 0 heterocycles. The molecule has 0 aliphatic rings. The van der Waals surface area contributed by atoms with Gasteiger partial charge in [0.1, 0.15) is 0 Å². The van der Waals surface area contributed by atoms with Crippen LogP contribution in [0.5, 0.6) is 0 Å². The van der Waals surface area contributed by atoms with Crippen molar-refractivity contribution >= 4 is 19.9 Å². The van der Waals surface area contributed by atoms with E-state index in [2.05, 4.69) is 11.6 Å². The maximum absolute atomic E-state index is 12.4. The molecule has 0 unspecified atom stereocenters. The molecule has 0 aliphatic heterocycles. The molecular weight excluding hydrogens is 346 g/mol. The van der Waals surface area contributed by atoms with E-state index in [1.807, 2.05) is 24.3 Å². The number of sulfone groups is 1. The van der Waals surface area contributed by atoms with Gasteiger partial charge in [-0.05, 0) is 48.7 Å². The molecule has 2 aromatic rings. The summed E-state index contributed by atoms with van der Waals surface area (Å²) in [4.78, 5) is 0.122. The van der Waals surface area contributed by atoms with Crippen molar-refractivity contribution in [3.63, 3.8) is 0 Å². The topological polar surface area (TPSA) is 80.3 Å². The van der Waals surface area contributed by atoms with Gasteiger partial charge in [-0.1, -0.05) is 31.2 Å². The first-order valence-electron chi connectivity index (χ1n) is 7.55. The van der Waals surface area contributed by atoms with Crippen LogP contribution in [0.2, 0.25) is 0 Å². The first kappa shape index (κ1) is 18.6. The third kappa shape index (κ3) is 4.43. The summed E-state index contributed by atoms with van der Waals surface area (Å²) in [6.45, 7) is 3.82. The molecule has 2 aromatic carbocycles. The van der Waals surface area contributed by atoms with Gasteiger partial charge in [-0.2, -0.15) is 0 Å². The van der Waals surface area contributed by atoms with Crippen molar-refractivity contribution in [2.45, 2.75) is 36.1 Å². The van der Waals surface area contributed by atoms with Gasteiger partial charge in [0.2, 0.25) is 10.0 Å². The van der Waals surface area contributed by atoms with Crippen LogP contribution in [0.25, 0.3) is 0 Å². The van der Waals surface area contributed by atoms with E-state index >= 15 is 0 Å². The molecule has 0 radical (unpaired) electrons. The molecule has 0 fully saturated rings. The Morgan fingerprint density at radius 2 is 1.38 bits per heavy atom. The molecule has 2 rings (SSSR count). The number of rotatable bonds is 6. The van der Waals surface area contributed by atoms with E-state index in [9.17, 15) is 16.8 Å². The maximum Gasteiger partial charge on any atom is 0.241 e. The molecule has 0 saturated carbocycles. The molecule has 1 N–H and O–H groups in total. The second kappa shape index (κ2) is 7.04. The lowest BCUT2D eigenvalue weighted by molar-refractivity contribution is 0.566. The van der Waals surface area contributed by atoms with E-state index in [4.69, 9.17) is 0 Å². The lowest BCUT2D eigenvalue weighted by Crippen LogP contribution is -2.26. The zero-order valence-electron chi connectivity index (χ0n) is 13.9. The molecule has 130 valence electrons. The maximum atomic E-state index is 12.4. The number of nitrogens with one attached hydrogen (secondary N) is 1. The quantitative estimate of drug-likeness (QED) is 0.851. The van der Waals surface area contributed by atoms with Gasteiger partial charge in [-0.3, -0.25) is 0 Å². The fourth-order valence-electron chi connectivity index (χ4n) is 2.28. The molecule has 0 aliphatic carbocycles. The highest BCUT2D eigenvalue weighted by molar-refractivity contribution is 7.90. The highest BCUT2D eigenvalue weighted by atomic mass is 32.2. The number of aryl methyl sites for hydroxylation is 1. The number of hydrogen-bond donors (Lipinski definition) is 1. The Hall–Kier alpha value is -1.70. The zero-order chi connectivity index (χ0) is 18.0. The molecule has 0 aromatic heterocycles. The Bertz CT molecular complexity index is 900. The summed E-state index contributed by atoms with van der Waals surface area (Å²) in [5.41, 5.74) is 2.05. The van der Waals surface area contributed by atoms with Crippen molar-refractivity contribution < 1.29 is 16.8 Å². The molecule has 0 saturated heterocycles. The van der Waals surface area contributed by atoms with Crippen LogP contribution in [0.3, 0.4) is 0 Å². The summed E-state index contributed by atoms with van der Waals surface area (Å²) >= 11 is 0. The minimum atomic E-state index is -3.73. The van der Waals surface area contributed by atoms with E-state index in [1.165, 1.54) is 29.8 Å². The Kier molecular flexibility index (Phi) is 5.47. The smallest absolute Gasteiger partial charge is 0.224 e.